The molecule has 0 aromatic rings. The van der Waals surface area contributed by atoms with Crippen LogP contribution in [0.2, 0.25) is 0 Å². The molecule has 1 aliphatic heterocycles. The van der Waals surface area contributed by atoms with E-state index in [2.05, 4.69) is 24.4 Å². The smallest absolute Gasteiger partial charge is 0.167 e. The zero-order chi connectivity index (χ0) is 8.48. The average Bonchev–Trinajstić information content (AvgIpc) is 2.29. The van der Waals surface area contributed by atoms with Crippen molar-refractivity contribution in [3.05, 3.63) is 0 Å². The van der Waals surface area contributed by atoms with Gasteiger partial charge in [-0.25, -0.2) is 0 Å². The summed E-state index contributed by atoms with van der Waals surface area (Å²) < 4.78 is 0.847. The summed E-state index contributed by atoms with van der Waals surface area (Å²) in [5.74, 6) is 2.01. The Morgan fingerprint density at radius 2 is 2.09 bits per heavy atom. The van der Waals surface area contributed by atoms with E-state index in [1.807, 2.05) is 0 Å². The predicted octanol–water partition coefficient (Wildman–Crippen LogP) is 0.949. The number of hydrazone groups is 1. The summed E-state index contributed by atoms with van der Waals surface area (Å²) in [6.45, 7) is 4.22. The normalized spacial score (nSPS) is 24.2. The van der Waals surface area contributed by atoms with Crippen LogP contribution in [0.3, 0.4) is 0 Å². The van der Waals surface area contributed by atoms with Gasteiger partial charge in [-0.3, -0.25) is 5.43 Å². The summed E-state index contributed by atoms with van der Waals surface area (Å²) in [6.07, 6.45) is 0. The Balaban J connectivity index is 2.96. The fourth-order valence-electron chi connectivity index (χ4n) is 1.13. The van der Waals surface area contributed by atoms with Crippen LogP contribution in [-0.4, -0.2) is 21.0 Å². The van der Waals surface area contributed by atoms with Crippen molar-refractivity contribution >= 4 is 31.7 Å². The van der Waals surface area contributed by atoms with Crippen molar-refractivity contribution in [1.29, 1.82) is 0 Å². The highest BCUT2D eigenvalue weighted by Crippen LogP contribution is 2.50. The van der Waals surface area contributed by atoms with Crippen molar-refractivity contribution in [3.8, 4) is 0 Å². The maximum Gasteiger partial charge on any atom is 0.167 e. The van der Waals surface area contributed by atoms with Crippen molar-refractivity contribution in [2.75, 3.05) is 11.5 Å². The zero-order valence-corrected chi connectivity index (χ0v) is 8.39. The average molecular weight is 191 g/mol. The highest BCUT2D eigenvalue weighted by Gasteiger charge is 2.34. The van der Waals surface area contributed by atoms with Crippen LogP contribution in [0.1, 0.15) is 13.8 Å². The largest absolute Gasteiger partial charge is 0.378 e. The summed E-state index contributed by atoms with van der Waals surface area (Å²) in [4.78, 5) is 0. The molecule has 3 nitrogen and oxygen atoms in total. The van der Waals surface area contributed by atoms with E-state index < -0.39 is 10.0 Å². The molecule has 0 amide bonds. The van der Waals surface area contributed by atoms with Crippen molar-refractivity contribution in [2.45, 2.75) is 13.8 Å². The van der Waals surface area contributed by atoms with Gasteiger partial charge in [0.1, 0.15) is 4.32 Å². The van der Waals surface area contributed by atoms with E-state index in [1.54, 1.807) is 0 Å². The van der Waals surface area contributed by atoms with Crippen LogP contribution in [0.25, 0.3) is 0 Å². The molecule has 0 unspecified atom stereocenters. The van der Waals surface area contributed by atoms with E-state index in [9.17, 15) is 0 Å². The quantitative estimate of drug-likeness (QED) is 0.639. The molecule has 0 bridgehead atoms. The molecule has 0 spiro atoms. The minimum atomic E-state index is -1.05. The highest BCUT2D eigenvalue weighted by atomic mass is 32.3. The topological polar surface area (TPSA) is 50.4 Å². The first-order valence-electron chi connectivity index (χ1n) is 3.59. The van der Waals surface area contributed by atoms with Gasteiger partial charge < -0.3 is 5.73 Å². The van der Waals surface area contributed by atoms with Gasteiger partial charge in [0.05, 0.1) is 0 Å². The van der Waals surface area contributed by atoms with Crippen molar-refractivity contribution in [2.24, 2.45) is 10.8 Å². The molecule has 0 atom stereocenters. The number of hydrogen-bond acceptors (Lipinski definition) is 3. The second kappa shape index (κ2) is 2.98. The summed E-state index contributed by atoms with van der Waals surface area (Å²) in [6, 6.07) is 0. The van der Waals surface area contributed by atoms with E-state index in [4.69, 9.17) is 18.0 Å². The minimum Gasteiger partial charge on any atom is -0.378 e. The fraction of sp³-hybridized carbons (Fsp3) is 0.667. The second-order valence-corrected chi connectivity index (χ2v) is 6.73. The first kappa shape index (κ1) is 8.80. The number of hydrogen-bond donors (Lipinski definition) is 2. The Morgan fingerprint density at radius 1 is 1.55 bits per heavy atom. The molecular formula is C6H13N3S2. The van der Waals surface area contributed by atoms with Gasteiger partial charge in [-0.2, -0.15) is 5.10 Å². The van der Waals surface area contributed by atoms with Crippen LogP contribution in [0, 0.1) is 0 Å². The van der Waals surface area contributed by atoms with Crippen molar-refractivity contribution in [1.82, 2.24) is 5.43 Å². The lowest BCUT2D eigenvalue weighted by Crippen LogP contribution is -2.26. The highest BCUT2D eigenvalue weighted by molar-refractivity contribution is 8.59. The molecule has 3 N–H and O–H groups in total. The molecule has 0 saturated heterocycles. The Morgan fingerprint density at radius 3 is 2.27 bits per heavy atom. The lowest BCUT2D eigenvalue weighted by atomic mass is 11.0. The monoisotopic (exact) mass is 191 g/mol. The molecule has 0 fully saturated rings. The van der Waals surface area contributed by atoms with E-state index in [1.165, 1.54) is 0 Å². The first-order chi connectivity index (χ1) is 5.17. The molecule has 0 aliphatic carbocycles. The Hall–Kier alpha value is -0.290. The van der Waals surface area contributed by atoms with Gasteiger partial charge in [-0.05, 0) is 11.5 Å². The van der Waals surface area contributed by atoms with Crippen LogP contribution < -0.4 is 11.2 Å². The number of nitrogens with zero attached hydrogens (tertiary/aromatic N) is 1. The molecule has 0 saturated carbocycles. The third kappa shape index (κ3) is 1.12. The third-order valence-corrected chi connectivity index (χ3v) is 6.71. The van der Waals surface area contributed by atoms with Crippen LogP contribution in [0.5, 0.6) is 0 Å². The van der Waals surface area contributed by atoms with Gasteiger partial charge >= 0.3 is 0 Å². The van der Waals surface area contributed by atoms with E-state index in [-0.39, 0.29) is 0 Å². The fourth-order valence-corrected chi connectivity index (χ4v) is 4.30. The molecule has 1 heterocycles. The van der Waals surface area contributed by atoms with Gasteiger partial charge in [0.25, 0.3) is 0 Å². The number of nitrogens with two attached hydrogens (primary N) is 1. The van der Waals surface area contributed by atoms with Crippen molar-refractivity contribution in [3.63, 3.8) is 0 Å². The molecule has 0 aromatic carbocycles. The summed E-state index contributed by atoms with van der Waals surface area (Å²) in [7, 11) is -1.05. The van der Waals surface area contributed by atoms with Gasteiger partial charge in [0.15, 0.2) is 5.17 Å². The van der Waals surface area contributed by atoms with Gasteiger partial charge in [0.2, 0.25) is 0 Å². The number of rotatable bonds is 2. The molecular weight excluding hydrogens is 178 g/mol. The first-order valence-corrected chi connectivity index (χ1v) is 5.97. The molecule has 11 heavy (non-hydrogen) atoms. The number of thiocarbonyl (C=S) groups is 1. The molecule has 0 aromatic heterocycles. The lowest BCUT2D eigenvalue weighted by Gasteiger charge is -2.30. The van der Waals surface area contributed by atoms with Crippen molar-refractivity contribution < 1.29 is 0 Å². The number of nitrogens with one attached hydrogen (secondary N) is 1. The van der Waals surface area contributed by atoms with Crippen LogP contribution in [0.15, 0.2) is 5.10 Å². The van der Waals surface area contributed by atoms with Crippen LogP contribution in [-0.2, 0) is 0 Å². The molecule has 64 valence electrons. The molecule has 0 radical (unpaired) electrons. The van der Waals surface area contributed by atoms with E-state index >= 15 is 0 Å². The van der Waals surface area contributed by atoms with Gasteiger partial charge in [-0.1, -0.05) is 26.1 Å². The Kier molecular flexibility index (Phi) is 2.39. The second-order valence-electron chi connectivity index (χ2n) is 2.31. The minimum absolute atomic E-state index is 0.715. The Bertz CT molecular complexity index is 208. The molecule has 1 aliphatic rings. The van der Waals surface area contributed by atoms with E-state index in [0.717, 1.165) is 15.8 Å². The SMILES string of the molecule is CCS1(CC)C(=S)NN=C1N. The van der Waals surface area contributed by atoms with Gasteiger partial charge in [0, 0.05) is 0 Å². The summed E-state index contributed by atoms with van der Waals surface area (Å²) >= 11 is 5.16. The van der Waals surface area contributed by atoms with E-state index in [0.29, 0.717) is 5.17 Å². The lowest BCUT2D eigenvalue weighted by molar-refractivity contribution is 1.07. The molecule has 5 heteroatoms. The van der Waals surface area contributed by atoms with Gasteiger partial charge in [-0.15, -0.1) is 10.0 Å². The van der Waals surface area contributed by atoms with Crippen LogP contribution in [0.4, 0.5) is 0 Å². The summed E-state index contributed by atoms with van der Waals surface area (Å²) in [5.41, 5.74) is 8.56. The maximum absolute atomic E-state index is 5.76. The summed E-state index contributed by atoms with van der Waals surface area (Å²) in [5, 5.41) is 4.67. The van der Waals surface area contributed by atoms with Crippen LogP contribution >= 0.6 is 22.2 Å². The standard InChI is InChI=1S/C6H13N3S2/c1-3-11(4-2)5(7)8-9-6(11)10/h3-4H2,1-2H3,(H2,7,8)(H,9,10). The maximum atomic E-state index is 5.76. The zero-order valence-electron chi connectivity index (χ0n) is 6.76. The predicted molar refractivity (Wildman–Crippen MR) is 56.0 cm³/mol. The number of amidine groups is 1. The Labute approximate surface area is 73.7 Å². The third-order valence-electron chi connectivity index (χ3n) is 2.00. The molecule has 1 rings (SSSR count).